The van der Waals surface area contributed by atoms with Crippen molar-refractivity contribution in [3.05, 3.63) is 47.7 Å². The number of nitrogens with one attached hydrogen (secondary N) is 1. The van der Waals surface area contributed by atoms with Gasteiger partial charge >= 0.3 is 0 Å². The van der Waals surface area contributed by atoms with Crippen LogP contribution in [0, 0.1) is 28.9 Å². The Morgan fingerprint density at radius 3 is 2.65 bits per heavy atom. The van der Waals surface area contributed by atoms with Crippen molar-refractivity contribution >= 4 is 23.5 Å². The van der Waals surface area contributed by atoms with Crippen LogP contribution in [-0.2, 0) is 4.79 Å². The number of hydrogen-bond acceptors (Lipinski definition) is 5. The molecule has 8 heteroatoms. The van der Waals surface area contributed by atoms with Crippen LogP contribution in [0.5, 0.6) is 5.75 Å². The van der Waals surface area contributed by atoms with Crippen LogP contribution in [-0.4, -0.2) is 18.0 Å². The number of amides is 1. The van der Waals surface area contributed by atoms with Gasteiger partial charge < -0.3 is 10.1 Å². The monoisotopic (exact) mass is 449 g/mol. The van der Waals surface area contributed by atoms with Crippen LogP contribution >= 0.6 is 11.9 Å². The predicted molar refractivity (Wildman–Crippen MR) is 119 cm³/mol. The number of nitrogens with two attached hydrogens (primary N) is 1. The molecule has 0 radical (unpaired) electrons. The van der Waals surface area contributed by atoms with Gasteiger partial charge in [-0.15, -0.1) is 0 Å². The molecule has 3 atom stereocenters. The first-order chi connectivity index (χ1) is 14.7. The zero-order chi connectivity index (χ0) is 22.8. The molecule has 0 aliphatic heterocycles. The molecule has 2 aromatic rings. The van der Waals surface area contributed by atoms with E-state index in [1.165, 1.54) is 13.2 Å². The van der Waals surface area contributed by atoms with E-state index in [0.717, 1.165) is 24.4 Å². The highest BCUT2D eigenvalue weighted by atomic mass is 32.2. The fourth-order valence-corrected chi connectivity index (χ4v) is 4.77. The van der Waals surface area contributed by atoms with E-state index < -0.39 is 17.6 Å². The number of pyridine rings is 1. The number of rotatable bonds is 5. The third-order valence-corrected chi connectivity index (χ3v) is 6.68. The molecule has 3 unspecified atom stereocenters. The first-order valence-electron chi connectivity index (χ1n) is 10.3. The van der Waals surface area contributed by atoms with Gasteiger partial charge in [0.15, 0.2) is 11.6 Å². The molecule has 0 bridgehead atoms. The normalized spacial score (nSPS) is 21.6. The lowest BCUT2D eigenvalue weighted by Crippen LogP contribution is -2.37. The number of benzene rings is 1. The zero-order valence-corrected chi connectivity index (χ0v) is 19.1. The highest BCUT2D eigenvalue weighted by Crippen LogP contribution is 2.49. The van der Waals surface area contributed by atoms with Crippen LogP contribution in [0.1, 0.15) is 51.5 Å². The smallest absolute Gasteiger partial charge is 0.228 e. The minimum Gasteiger partial charge on any atom is -0.493 e. The maximum Gasteiger partial charge on any atom is 0.228 e. The van der Waals surface area contributed by atoms with Gasteiger partial charge in [0.2, 0.25) is 11.7 Å². The Morgan fingerprint density at radius 2 is 2.00 bits per heavy atom. The van der Waals surface area contributed by atoms with Gasteiger partial charge in [-0.2, -0.15) is 4.39 Å². The summed E-state index contributed by atoms with van der Waals surface area (Å²) in [5.74, 6) is -2.65. The number of carbonyl (C=O) groups is 1. The molecular weight excluding hydrogens is 420 g/mol. The SMILES string of the molecule is COc1c(C2CCC(C(C)(C)C)CC2C(=O)Nc2ccnc(SN)c2)ccc(F)c1F. The van der Waals surface area contributed by atoms with Gasteiger partial charge in [-0.25, -0.2) is 9.37 Å². The summed E-state index contributed by atoms with van der Waals surface area (Å²) < 4.78 is 33.4. The lowest BCUT2D eigenvalue weighted by Gasteiger charge is -2.41. The van der Waals surface area contributed by atoms with Crippen LogP contribution in [0.25, 0.3) is 0 Å². The Bertz CT molecular complexity index is 949. The Balaban J connectivity index is 1.96. The second-order valence-electron chi connectivity index (χ2n) is 9.06. The standard InChI is InChI=1S/C23H29F2N3O2S/c1-23(2,3)13-5-6-15(16-7-8-18(24)20(25)21(16)30-4)17(11-13)22(29)28-14-9-10-27-19(12-14)31-26/h7-10,12-13,15,17H,5-6,11,26H2,1-4H3,(H,27,28,29). The third kappa shape index (κ3) is 5.18. The van der Waals surface area contributed by atoms with Crippen molar-refractivity contribution in [2.24, 2.45) is 22.4 Å². The minimum absolute atomic E-state index is 0.0294. The third-order valence-electron chi connectivity index (χ3n) is 6.22. The fourth-order valence-electron chi connectivity index (χ4n) is 4.45. The summed E-state index contributed by atoms with van der Waals surface area (Å²) in [7, 11) is 1.32. The molecule has 1 amide bonds. The Morgan fingerprint density at radius 1 is 1.26 bits per heavy atom. The fraction of sp³-hybridized carbons (Fsp3) is 0.478. The first kappa shape index (κ1) is 23.5. The number of hydrogen-bond donors (Lipinski definition) is 2. The van der Waals surface area contributed by atoms with Crippen LogP contribution in [0.3, 0.4) is 0 Å². The maximum absolute atomic E-state index is 14.4. The van der Waals surface area contributed by atoms with Crippen molar-refractivity contribution < 1.29 is 18.3 Å². The molecular formula is C23H29F2N3O2S. The zero-order valence-electron chi connectivity index (χ0n) is 18.2. The number of methoxy groups -OCH3 is 1. The van der Waals surface area contributed by atoms with Crippen LogP contribution in [0.15, 0.2) is 35.5 Å². The molecule has 1 heterocycles. The molecule has 5 nitrogen and oxygen atoms in total. The molecule has 1 aliphatic carbocycles. The summed E-state index contributed by atoms with van der Waals surface area (Å²) in [4.78, 5) is 17.5. The van der Waals surface area contributed by atoms with E-state index in [9.17, 15) is 13.6 Å². The van der Waals surface area contributed by atoms with E-state index in [0.29, 0.717) is 35.0 Å². The second-order valence-corrected chi connectivity index (χ2v) is 9.72. The summed E-state index contributed by atoms with van der Waals surface area (Å²) in [5, 5.41) is 9.13. The lowest BCUT2D eigenvalue weighted by atomic mass is 9.64. The van der Waals surface area contributed by atoms with Crippen LogP contribution in [0.2, 0.25) is 0 Å². The summed E-state index contributed by atoms with van der Waals surface area (Å²) >= 11 is 0.999. The molecule has 3 rings (SSSR count). The average molecular weight is 450 g/mol. The van der Waals surface area contributed by atoms with Crippen molar-refractivity contribution in [2.45, 2.75) is 51.0 Å². The number of ether oxygens (including phenoxy) is 1. The van der Waals surface area contributed by atoms with Crippen molar-refractivity contribution in [1.82, 2.24) is 4.98 Å². The minimum atomic E-state index is -1.02. The number of anilines is 1. The van der Waals surface area contributed by atoms with E-state index in [-0.39, 0.29) is 23.0 Å². The molecule has 1 saturated carbocycles. The Labute approximate surface area is 186 Å². The molecule has 1 aromatic heterocycles. The first-order valence-corrected chi connectivity index (χ1v) is 11.2. The highest BCUT2D eigenvalue weighted by molar-refractivity contribution is 7.97. The van der Waals surface area contributed by atoms with Gasteiger partial charge in [-0.1, -0.05) is 26.8 Å². The molecule has 1 aliphatic rings. The molecule has 0 saturated heterocycles. The summed E-state index contributed by atoms with van der Waals surface area (Å²) in [6.45, 7) is 6.50. The van der Waals surface area contributed by atoms with Crippen molar-refractivity contribution in [1.29, 1.82) is 0 Å². The Kier molecular flexibility index (Phi) is 7.21. The van der Waals surface area contributed by atoms with E-state index in [1.807, 2.05) is 0 Å². The number of aromatic nitrogens is 1. The Hall–Kier alpha value is -2.19. The number of halogens is 2. The van der Waals surface area contributed by atoms with E-state index in [4.69, 9.17) is 9.88 Å². The van der Waals surface area contributed by atoms with Gasteiger partial charge in [-0.05, 0) is 66.7 Å². The van der Waals surface area contributed by atoms with Gasteiger partial charge in [0.25, 0.3) is 0 Å². The van der Waals surface area contributed by atoms with Crippen LogP contribution in [0.4, 0.5) is 14.5 Å². The topological polar surface area (TPSA) is 77.2 Å². The van der Waals surface area contributed by atoms with Gasteiger partial charge in [-0.3, -0.25) is 9.93 Å². The average Bonchev–Trinajstić information content (AvgIpc) is 2.74. The lowest BCUT2D eigenvalue weighted by molar-refractivity contribution is -0.122. The molecule has 168 valence electrons. The molecule has 1 fully saturated rings. The second kappa shape index (κ2) is 9.53. The molecule has 0 spiro atoms. The molecule has 1 aromatic carbocycles. The summed E-state index contributed by atoms with van der Waals surface area (Å²) in [5.41, 5.74) is 1.16. The van der Waals surface area contributed by atoms with Gasteiger partial charge in [0.1, 0.15) is 5.03 Å². The van der Waals surface area contributed by atoms with Gasteiger partial charge in [0, 0.05) is 23.4 Å². The van der Waals surface area contributed by atoms with E-state index in [2.05, 4.69) is 31.1 Å². The van der Waals surface area contributed by atoms with Gasteiger partial charge in [0.05, 0.1) is 7.11 Å². The number of carbonyl (C=O) groups excluding carboxylic acids is 1. The van der Waals surface area contributed by atoms with Crippen molar-refractivity contribution in [2.75, 3.05) is 12.4 Å². The molecule has 3 N–H and O–H groups in total. The van der Waals surface area contributed by atoms with Crippen LogP contribution < -0.4 is 15.2 Å². The molecule has 31 heavy (non-hydrogen) atoms. The quantitative estimate of drug-likeness (QED) is 0.588. The highest BCUT2D eigenvalue weighted by Gasteiger charge is 2.41. The maximum atomic E-state index is 14.4. The van der Waals surface area contributed by atoms with Crippen molar-refractivity contribution in [3.63, 3.8) is 0 Å². The summed E-state index contributed by atoms with van der Waals surface area (Å²) in [6, 6.07) is 6.05. The van der Waals surface area contributed by atoms with E-state index in [1.54, 1.807) is 18.3 Å². The predicted octanol–water partition coefficient (Wildman–Crippen LogP) is 5.52. The van der Waals surface area contributed by atoms with E-state index >= 15 is 0 Å². The summed E-state index contributed by atoms with van der Waals surface area (Å²) in [6.07, 6.45) is 3.80. The van der Waals surface area contributed by atoms with Crippen molar-refractivity contribution in [3.8, 4) is 5.75 Å². The largest absolute Gasteiger partial charge is 0.493 e. The number of nitrogens with zero attached hydrogens (tertiary/aromatic N) is 1.